The van der Waals surface area contributed by atoms with Gasteiger partial charge in [-0.25, -0.2) is 0 Å². The molecule has 1 aromatic rings. The normalized spacial score (nSPS) is 15.7. The number of halogens is 1. The van der Waals surface area contributed by atoms with Crippen LogP contribution in [0.3, 0.4) is 0 Å². The number of benzene rings is 1. The molecule has 0 saturated carbocycles. The number of hydrogen-bond donors (Lipinski definition) is 2. The standard InChI is InChI=1S/C19H29N3O3.ClH/c1-3-16(21-18(23)12-14(2)20)15-8-4-5-9-17(15)25-13-19(24)22-10-6-7-11-22;/h4-5,8-9,14,16H,3,6-7,10-13,20H2,1-2H3,(H,21,23);1H. The van der Waals surface area contributed by atoms with E-state index in [0.717, 1.165) is 37.9 Å². The Kier molecular flexibility index (Phi) is 9.44. The van der Waals surface area contributed by atoms with Crippen LogP contribution in [0.5, 0.6) is 5.75 Å². The van der Waals surface area contributed by atoms with Gasteiger partial charge in [0.15, 0.2) is 6.61 Å². The second-order valence-corrected chi connectivity index (χ2v) is 6.62. The molecule has 7 heteroatoms. The van der Waals surface area contributed by atoms with Gasteiger partial charge in [0.2, 0.25) is 5.91 Å². The van der Waals surface area contributed by atoms with E-state index in [1.54, 1.807) is 0 Å². The Bertz CT molecular complexity index is 589. The molecule has 1 heterocycles. The minimum atomic E-state index is -0.179. The lowest BCUT2D eigenvalue weighted by Gasteiger charge is -2.22. The van der Waals surface area contributed by atoms with Gasteiger partial charge in [-0.1, -0.05) is 25.1 Å². The van der Waals surface area contributed by atoms with Gasteiger partial charge in [-0.05, 0) is 32.3 Å². The molecule has 0 aromatic heterocycles. The number of carbonyl (C=O) groups is 2. The number of nitrogens with one attached hydrogen (secondary N) is 1. The summed E-state index contributed by atoms with van der Waals surface area (Å²) in [5.41, 5.74) is 6.58. The quantitative estimate of drug-likeness (QED) is 0.721. The smallest absolute Gasteiger partial charge is 0.260 e. The van der Waals surface area contributed by atoms with Crippen LogP contribution in [0, 0.1) is 0 Å². The summed E-state index contributed by atoms with van der Waals surface area (Å²) in [5.74, 6) is 0.578. The zero-order valence-corrected chi connectivity index (χ0v) is 16.4. The zero-order chi connectivity index (χ0) is 18.2. The van der Waals surface area contributed by atoms with E-state index < -0.39 is 0 Å². The summed E-state index contributed by atoms with van der Waals surface area (Å²) < 4.78 is 5.79. The molecule has 1 aliphatic rings. The lowest BCUT2D eigenvalue weighted by Crippen LogP contribution is -2.34. The lowest BCUT2D eigenvalue weighted by molar-refractivity contribution is -0.132. The molecule has 0 spiro atoms. The minimum absolute atomic E-state index is 0. The van der Waals surface area contributed by atoms with Crippen molar-refractivity contribution in [1.29, 1.82) is 0 Å². The van der Waals surface area contributed by atoms with Gasteiger partial charge < -0.3 is 20.7 Å². The molecule has 1 aliphatic heterocycles. The largest absolute Gasteiger partial charge is 0.483 e. The molecule has 1 fully saturated rings. The number of para-hydroxylation sites is 1. The van der Waals surface area contributed by atoms with Crippen LogP contribution in [0.25, 0.3) is 0 Å². The van der Waals surface area contributed by atoms with E-state index in [9.17, 15) is 9.59 Å². The van der Waals surface area contributed by atoms with Gasteiger partial charge in [0.25, 0.3) is 5.91 Å². The molecule has 0 radical (unpaired) electrons. The third-order valence-electron chi connectivity index (χ3n) is 4.36. The Morgan fingerprint density at radius 3 is 2.54 bits per heavy atom. The van der Waals surface area contributed by atoms with Gasteiger partial charge in [-0.3, -0.25) is 9.59 Å². The predicted octanol–water partition coefficient (Wildman–Crippen LogP) is 2.41. The molecule has 0 bridgehead atoms. The number of rotatable bonds is 8. The maximum absolute atomic E-state index is 12.2. The van der Waals surface area contributed by atoms with Crippen molar-refractivity contribution in [3.05, 3.63) is 29.8 Å². The van der Waals surface area contributed by atoms with Gasteiger partial charge in [0.05, 0.1) is 6.04 Å². The average Bonchev–Trinajstić information content (AvgIpc) is 3.12. The first-order chi connectivity index (χ1) is 12.0. The summed E-state index contributed by atoms with van der Waals surface area (Å²) in [7, 11) is 0. The summed E-state index contributed by atoms with van der Waals surface area (Å²) in [6, 6.07) is 7.20. The number of hydrogen-bond acceptors (Lipinski definition) is 4. The number of carbonyl (C=O) groups excluding carboxylic acids is 2. The van der Waals surface area contributed by atoms with Crippen molar-refractivity contribution in [2.45, 2.75) is 51.6 Å². The van der Waals surface area contributed by atoms with Crippen LogP contribution in [-0.2, 0) is 9.59 Å². The Morgan fingerprint density at radius 2 is 1.92 bits per heavy atom. The maximum atomic E-state index is 12.2. The maximum Gasteiger partial charge on any atom is 0.260 e. The van der Waals surface area contributed by atoms with Crippen LogP contribution < -0.4 is 15.8 Å². The molecule has 2 unspecified atom stereocenters. The number of likely N-dealkylation sites (tertiary alicyclic amines) is 1. The minimum Gasteiger partial charge on any atom is -0.483 e. The topological polar surface area (TPSA) is 84.7 Å². The van der Waals surface area contributed by atoms with E-state index in [4.69, 9.17) is 10.5 Å². The summed E-state index contributed by atoms with van der Waals surface area (Å²) >= 11 is 0. The van der Waals surface area contributed by atoms with Crippen LogP contribution in [0.2, 0.25) is 0 Å². The Hall–Kier alpha value is -1.79. The molecule has 26 heavy (non-hydrogen) atoms. The van der Waals surface area contributed by atoms with Crippen molar-refractivity contribution in [1.82, 2.24) is 10.2 Å². The van der Waals surface area contributed by atoms with E-state index in [0.29, 0.717) is 5.75 Å². The Balaban J connectivity index is 0.00000338. The highest BCUT2D eigenvalue weighted by atomic mass is 35.5. The number of amides is 2. The summed E-state index contributed by atoms with van der Waals surface area (Å²) in [5, 5.41) is 3.00. The second-order valence-electron chi connectivity index (χ2n) is 6.62. The molecule has 2 atom stereocenters. The average molecular weight is 384 g/mol. The van der Waals surface area contributed by atoms with E-state index >= 15 is 0 Å². The monoisotopic (exact) mass is 383 g/mol. The third kappa shape index (κ3) is 6.50. The van der Waals surface area contributed by atoms with Gasteiger partial charge in [0.1, 0.15) is 5.75 Å². The molecule has 2 rings (SSSR count). The van der Waals surface area contributed by atoms with Gasteiger partial charge in [-0.2, -0.15) is 0 Å². The van der Waals surface area contributed by atoms with Crippen molar-refractivity contribution in [3.8, 4) is 5.75 Å². The lowest BCUT2D eigenvalue weighted by atomic mass is 10.0. The highest BCUT2D eigenvalue weighted by molar-refractivity contribution is 5.85. The van der Waals surface area contributed by atoms with E-state index in [2.05, 4.69) is 5.32 Å². The summed E-state index contributed by atoms with van der Waals surface area (Å²) in [4.78, 5) is 26.1. The van der Waals surface area contributed by atoms with Crippen LogP contribution in [0.15, 0.2) is 24.3 Å². The molecule has 2 amide bonds. The van der Waals surface area contributed by atoms with Crippen molar-refractivity contribution >= 4 is 24.2 Å². The van der Waals surface area contributed by atoms with E-state index in [1.807, 2.05) is 43.0 Å². The zero-order valence-electron chi connectivity index (χ0n) is 15.6. The molecular formula is C19H30ClN3O3. The van der Waals surface area contributed by atoms with Gasteiger partial charge in [0, 0.05) is 31.1 Å². The van der Waals surface area contributed by atoms with Gasteiger partial charge in [-0.15, -0.1) is 12.4 Å². The van der Waals surface area contributed by atoms with Crippen molar-refractivity contribution < 1.29 is 14.3 Å². The van der Waals surface area contributed by atoms with E-state index in [-0.39, 0.29) is 49.3 Å². The Morgan fingerprint density at radius 1 is 1.27 bits per heavy atom. The molecule has 1 aromatic carbocycles. The van der Waals surface area contributed by atoms with Crippen molar-refractivity contribution in [3.63, 3.8) is 0 Å². The molecule has 0 aliphatic carbocycles. The first-order valence-electron chi connectivity index (χ1n) is 9.05. The fraction of sp³-hybridized carbons (Fsp3) is 0.579. The van der Waals surface area contributed by atoms with Crippen LogP contribution in [0.4, 0.5) is 0 Å². The van der Waals surface area contributed by atoms with Gasteiger partial charge >= 0.3 is 0 Å². The third-order valence-corrected chi connectivity index (χ3v) is 4.36. The molecular weight excluding hydrogens is 354 g/mol. The molecule has 1 saturated heterocycles. The van der Waals surface area contributed by atoms with Crippen molar-refractivity contribution in [2.24, 2.45) is 5.73 Å². The highest BCUT2D eigenvalue weighted by Gasteiger charge is 2.21. The Labute approximate surface area is 161 Å². The molecule has 146 valence electrons. The van der Waals surface area contributed by atoms with Crippen LogP contribution >= 0.6 is 12.4 Å². The molecule has 6 nitrogen and oxygen atoms in total. The predicted molar refractivity (Wildman–Crippen MR) is 104 cm³/mol. The summed E-state index contributed by atoms with van der Waals surface area (Å²) in [6.07, 6.45) is 3.13. The summed E-state index contributed by atoms with van der Waals surface area (Å²) in [6.45, 7) is 5.47. The first-order valence-corrected chi connectivity index (χ1v) is 9.05. The fourth-order valence-electron chi connectivity index (χ4n) is 3.04. The number of nitrogens with two attached hydrogens (primary N) is 1. The second kappa shape index (κ2) is 11.0. The SMILES string of the molecule is CCC(NC(=O)CC(C)N)c1ccccc1OCC(=O)N1CCCC1.Cl. The van der Waals surface area contributed by atoms with E-state index in [1.165, 1.54) is 0 Å². The number of nitrogens with zero attached hydrogens (tertiary/aromatic N) is 1. The van der Waals surface area contributed by atoms with Crippen LogP contribution in [-0.4, -0.2) is 42.5 Å². The molecule has 3 N–H and O–H groups in total. The van der Waals surface area contributed by atoms with Crippen molar-refractivity contribution in [2.75, 3.05) is 19.7 Å². The first kappa shape index (κ1) is 22.3. The van der Waals surface area contributed by atoms with Crippen LogP contribution in [0.1, 0.15) is 51.1 Å². The fourth-order valence-corrected chi connectivity index (χ4v) is 3.04. The highest BCUT2D eigenvalue weighted by Crippen LogP contribution is 2.27. The number of ether oxygens (including phenoxy) is 1.